The highest BCUT2D eigenvalue weighted by Crippen LogP contribution is 2.32. The van der Waals surface area contributed by atoms with Gasteiger partial charge in [0.15, 0.2) is 4.34 Å². The first-order valence-corrected chi connectivity index (χ1v) is 6.63. The maximum atomic E-state index is 11.3. The Bertz CT molecular complexity index is 611. The van der Waals surface area contributed by atoms with Gasteiger partial charge in [0.2, 0.25) is 0 Å². The minimum absolute atomic E-state index is 0.0128. The lowest BCUT2D eigenvalue weighted by Gasteiger charge is -1.96. The van der Waals surface area contributed by atoms with Crippen molar-refractivity contribution < 1.29 is 14.5 Å². The molecule has 18 heavy (non-hydrogen) atoms. The van der Waals surface area contributed by atoms with Crippen LogP contribution in [0.15, 0.2) is 22.5 Å². The number of rotatable bonds is 3. The van der Waals surface area contributed by atoms with Gasteiger partial charge in [-0.25, -0.2) is 9.78 Å². The van der Waals surface area contributed by atoms with Gasteiger partial charge in [-0.05, 0) is 13.0 Å². The molecular formula is C10H8N2O4S2. The average Bonchev–Trinajstić information content (AvgIpc) is 2.69. The van der Waals surface area contributed by atoms with E-state index >= 15 is 0 Å². The van der Waals surface area contributed by atoms with E-state index in [1.165, 1.54) is 23.5 Å². The van der Waals surface area contributed by atoms with E-state index in [0.717, 1.165) is 11.8 Å². The Morgan fingerprint density at radius 3 is 3.06 bits per heavy atom. The lowest BCUT2D eigenvalue weighted by atomic mass is 10.3. The first-order valence-electron chi connectivity index (χ1n) is 4.99. The van der Waals surface area contributed by atoms with Gasteiger partial charge >= 0.3 is 5.30 Å². The van der Waals surface area contributed by atoms with Crippen molar-refractivity contribution in [2.45, 2.75) is 11.3 Å². The molecule has 0 amide bonds. The van der Waals surface area contributed by atoms with Crippen LogP contribution in [0, 0.1) is 10.1 Å². The third-order valence-electron chi connectivity index (χ3n) is 2.00. The van der Waals surface area contributed by atoms with Crippen LogP contribution < -0.4 is 0 Å². The fourth-order valence-electron chi connectivity index (χ4n) is 1.27. The van der Waals surface area contributed by atoms with E-state index in [-0.39, 0.29) is 5.69 Å². The van der Waals surface area contributed by atoms with Crippen molar-refractivity contribution >= 4 is 44.3 Å². The van der Waals surface area contributed by atoms with Gasteiger partial charge in [-0.15, -0.1) is 11.3 Å². The Balaban J connectivity index is 2.27. The number of nitro benzene ring substituents is 1. The lowest BCUT2D eigenvalue weighted by Crippen LogP contribution is -1.94. The summed E-state index contributed by atoms with van der Waals surface area (Å²) in [5.41, 5.74) is 0.649. The van der Waals surface area contributed by atoms with E-state index in [2.05, 4.69) is 4.98 Å². The maximum Gasteiger partial charge on any atom is 0.374 e. The second kappa shape index (κ2) is 5.32. The summed E-state index contributed by atoms with van der Waals surface area (Å²) >= 11 is 2.11. The number of thioether (sulfide) groups is 1. The maximum absolute atomic E-state index is 11.3. The summed E-state index contributed by atoms with van der Waals surface area (Å²) in [7, 11) is 0. The fraction of sp³-hybridized carbons (Fsp3) is 0.200. The van der Waals surface area contributed by atoms with Gasteiger partial charge in [0, 0.05) is 23.9 Å². The van der Waals surface area contributed by atoms with Crippen LogP contribution in [0.4, 0.5) is 10.5 Å². The second-order valence-corrected chi connectivity index (χ2v) is 5.39. The van der Waals surface area contributed by atoms with Crippen molar-refractivity contribution in [1.82, 2.24) is 4.98 Å². The standard InChI is InChI=1S/C10H8N2O4S2/c1-2-16-10(13)18-9-11-7-4-3-6(12(14)15)5-8(7)17-9/h3-5H,2H2,1H3. The van der Waals surface area contributed by atoms with Crippen molar-refractivity contribution in [3.05, 3.63) is 28.3 Å². The topological polar surface area (TPSA) is 82.3 Å². The predicted octanol–water partition coefficient (Wildman–Crippen LogP) is 3.45. The number of benzene rings is 1. The van der Waals surface area contributed by atoms with Gasteiger partial charge < -0.3 is 4.74 Å². The summed E-state index contributed by atoms with van der Waals surface area (Å²) in [5.74, 6) is 0. The monoisotopic (exact) mass is 284 g/mol. The fourth-order valence-corrected chi connectivity index (χ4v) is 3.10. The largest absolute Gasteiger partial charge is 0.458 e. The highest BCUT2D eigenvalue weighted by molar-refractivity contribution is 8.14. The van der Waals surface area contributed by atoms with Gasteiger partial charge in [-0.1, -0.05) is 0 Å². The zero-order valence-corrected chi connectivity index (χ0v) is 10.9. The number of hydrogen-bond donors (Lipinski definition) is 0. The number of thiazole rings is 1. The molecule has 0 saturated carbocycles. The molecule has 0 aliphatic rings. The molecule has 0 aliphatic heterocycles. The van der Waals surface area contributed by atoms with Crippen LogP contribution in [0.5, 0.6) is 0 Å². The number of non-ortho nitro benzene ring substituents is 1. The summed E-state index contributed by atoms with van der Waals surface area (Å²) in [4.78, 5) is 25.6. The van der Waals surface area contributed by atoms with Gasteiger partial charge in [0.25, 0.3) is 5.69 Å². The van der Waals surface area contributed by atoms with Crippen LogP contribution in [0.2, 0.25) is 0 Å². The van der Waals surface area contributed by atoms with Crippen molar-refractivity contribution in [3.63, 3.8) is 0 Å². The van der Waals surface area contributed by atoms with Crippen molar-refractivity contribution in [3.8, 4) is 0 Å². The number of carbonyl (C=O) groups is 1. The summed E-state index contributed by atoms with van der Waals surface area (Å²) in [6.07, 6.45) is 0. The molecule has 0 atom stereocenters. The molecule has 0 saturated heterocycles. The van der Waals surface area contributed by atoms with E-state index in [4.69, 9.17) is 4.74 Å². The Kier molecular flexibility index (Phi) is 3.78. The normalized spacial score (nSPS) is 10.5. The molecule has 0 fully saturated rings. The zero-order valence-electron chi connectivity index (χ0n) is 9.28. The van der Waals surface area contributed by atoms with Gasteiger partial charge in [-0.3, -0.25) is 10.1 Å². The molecule has 0 bridgehead atoms. The third-order valence-corrected chi connectivity index (χ3v) is 3.86. The van der Waals surface area contributed by atoms with Crippen molar-refractivity contribution in [1.29, 1.82) is 0 Å². The third kappa shape index (κ3) is 2.77. The molecule has 6 nitrogen and oxygen atoms in total. The number of aromatic nitrogens is 1. The van der Waals surface area contributed by atoms with Gasteiger partial charge in [-0.2, -0.15) is 0 Å². The SMILES string of the molecule is CCOC(=O)Sc1nc2ccc([N+](=O)[O-])cc2s1. The number of carbonyl (C=O) groups excluding carboxylic acids is 1. The second-order valence-electron chi connectivity index (χ2n) is 3.17. The van der Waals surface area contributed by atoms with Crippen LogP contribution in [0.3, 0.4) is 0 Å². The number of nitro groups is 1. The average molecular weight is 284 g/mol. The molecule has 1 heterocycles. The van der Waals surface area contributed by atoms with Gasteiger partial charge in [0.1, 0.15) is 0 Å². The molecule has 2 aromatic rings. The molecule has 0 radical (unpaired) electrons. The Hall–Kier alpha value is -1.67. The summed E-state index contributed by atoms with van der Waals surface area (Å²) in [6, 6.07) is 4.41. The lowest BCUT2D eigenvalue weighted by molar-refractivity contribution is -0.384. The van der Waals surface area contributed by atoms with E-state index in [1.54, 1.807) is 13.0 Å². The molecule has 2 rings (SSSR count). The minimum atomic E-state index is -0.461. The van der Waals surface area contributed by atoms with E-state index < -0.39 is 10.2 Å². The Morgan fingerprint density at radius 2 is 2.39 bits per heavy atom. The van der Waals surface area contributed by atoms with Crippen molar-refractivity contribution in [2.24, 2.45) is 0 Å². The van der Waals surface area contributed by atoms with Crippen LogP contribution in [0.1, 0.15) is 6.92 Å². The molecule has 1 aromatic heterocycles. The molecule has 1 aromatic carbocycles. The minimum Gasteiger partial charge on any atom is -0.458 e. The Labute approximate surface area is 110 Å². The highest BCUT2D eigenvalue weighted by atomic mass is 32.2. The molecule has 0 aliphatic carbocycles. The van der Waals surface area contributed by atoms with Gasteiger partial charge in [0.05, 0.1) is 21.7 Å². The van der Waals surface area contributed by atoms with E-state index in [1.807, 2.05) is 0 Å². The molecule has 8 heteroatoms. The van der Waals surface area contributed by atoms with Crippen LogP contribution in [-0.4, -0.2) is 21.8 Å². The van der Waals surface area contributed by atoms with E-state index in [9.17, 15) is 14.9 Å². The number of nitrogens with zero attached hydrogens (tertiary/aromatic N) is 2. The molecule has 0 unspecified atom stereocenters. The van der Waals surface area contributed by atoms with Crippen LogP contribution >= 0.6 is 23.1 Å². The van der Waals surface area contributed by atoms with Crippen LogP contribution in [-0.2, 0) is 4.74 Å². The first-order chi connectivity index (χ1) is 8.60. The number of ether oxygens (including phenoxy) is 1. The number of hydrogen-bond acceptors (Lipinski definition) is 7. The Morgan fingerprint density at radius 1 is 1.61 bits per heavy atom. The quantitative estimate of drug-likeness (QED) is 0.371. The number of fused-ring (bicyclic) bond motifs is 1. The molecule has 0 N–H and O–H groups in total. The summed E-state index contributed by atoms with van der Waals surface area (Å²) < 4.78 is 5.98. The van der Waals surface area contributed by atoms with E-state index in [0.29, 0.717) is 21.2 Å². The molecule has 0 spiro atoms. The summed E-state index contributed by atoms with van der Waals surface area (Å²) in [6.45, 7) is 2.03. The predicted molar refractivity (Wildman–Crippen MR) is 69.2 cm³/mol. The first kappa shape index (κ1) is 12.8. The molecular weight excluding hydrogens is 276 g/mol. The highest BCUT2D eigenvalue weighted by Gasteiger charge is 2.13. The smallest absolute Gasteiger partial charge is 0.374 e. The summed E-state index contributed by atoms with van der Waals surface area (Å²) in [5, 5.41) is 10.2. The zero-order chi connectivity index (χ0) is 13.1. The van der Waals surface area contributed by atoms with Crippen molar-refractivity contribution in [2.75, 3.05) is 6.61 Å². The molecule has 94 valence electrons. The van der Waals surface area contributed by atoms with Crippen LogP contribution in [0.25, 0.3) is 10.2 Å².